The minimum atomic E-state index is -3.45. The van der Waals surface area contributed by atoms with Crippen molar-refractivity contribution in [2.45, 2.75) is 50.1 Å². The molecule has 2 N–H and O–H groups in total. The van der Waals surface area contributed by atoms with E-state index in [4.69, 9.17) is 17.3 Å². The third-order valence-corrected chi connectivity index (χ3v) is 6.20. The zero-order valence-electron chi connectivity index (χ0n) is 11.7. The Balaban J connectivity index is 2.38. The molecule has 1 saturated heterocycles. The van der Waals surface area contributed by atoms with Gasteiger partial charge in [0.15, 0.2) is 0 Å². The highest BCUT2D eigenvalue weighted by Gasteiger charge is 2.32. The van der Waals surface area contributed by atoms with Crippen LogP contribution >= 0.6 is 11.6 Å². The maximum Gasteiger partial charge on any atom is 0.243 e. The van der Waals surface area contributed by atoms with Crippen molar-refractivity contribution in [1.82, 2.24) is 4.31 Å². The first-order chi connectivity index (χ1) is 9.50. The van der Waals surface area contributed by atoms with Crippen LogP contribution in [0.3, 0.4) is 0 Å². The fourth-order valence-corrected chi connectivity index (χ4v) is 4.71. The van der Waals surface area contributed by atoms with Gasteiger partial charge in [0.1, 0.15) is 0 Å². The predicted molar refractivity (Wildman–Crippen MR) is 81.2 cm³/mol. The van der Waals surface area contributed by atoms with Gasteiger partial charge in [0, 0.05) is 24.2 Å². The highest BCUT2D eigenvalue weighted by molar-refractivity contribution is 7.89. The third-order valence-electron chi connectivity index (χ3n) is 3.89. The monoisotopic (exact) mass is 316 g/mol. The lowest BCUT2D eigenvalue weighted by atomic mass is 10.0. The van der Waals surface area contributed by atoms with Gasteiger partial charge in [-0.05, 0) is 43.0 Å². The van der Waals surface area contributed by atoms with Crippen LogP contribution < -0.4 is 5.73 Å². The molecule has 0 amide bonds. The highest BCUT2D eigenvalue weighted by Crippen LogP contribution is 2.28. The van der Waals surface area contributed by atoms with E-state index in [1.54, 1.807) is 22.5 Å². The van der Waals surface area contributed by atoms with Gasteiger partial charge in [-0.25, -0.2) is 8.42 Å². The van der Waals surface area contributed by atoms with Crippen LogP contribution in [0.5, 0.6) is 0 Å². The zero-order valence-corrected chi connectivity index (χ0v) is 13.3. The number of rotatable bonds is 4. The molecule has 0 saturated carbocycles. The van der Waals surface area contributed by atoms with Crippen LogP contribution in [0.4, 0.5) is 0 Å². The maximum atomic E-state index is 12.8. The van der Waals surface area contributed by atoms with Gasteiger partial charge in [0.2, 0.25) is 10.0 Å². The van der Waals surface area contributed by atoms with Crippen LogP contribution in [-0.4, -0.2) is 25.3 Å². The van der Waals surface area contributed by atoms with Gasteiger partial charge in [-0.3, -0.25) is 0 Å². The second-order valence-electron chi connectivity index (χ2n) is 5.13. The van der Waals surface area contributed by atoms with Gasteiger partial charge < -0.3 is 5.73 Å². The van der Waals surface area contributed by atoms with Crippen molar-refractivity contribution >= 4 is 21.6 Å². The third kappa shape index (κ3) is 3.01. The summed E-state index contributed by atoms with van der Waals surface area (Å²) in [7, 11) is -3.45. The number of nitrogens with zero attached hydrogens (tertiary/aromatic N) is 1. The Morgan fingerprint density at radius 1 is 1.40 bits per heavy atom. The molecular formula is C14H21ClN2O2S. The van der Waals surface area contributed by atoms with E-state index in [9.17, 15) is 8.42 Å². The molecule has 1 unspecified atom stereocenters. The predicted octanol–water partition coefficient (Wildman–Crippen LogP) is 2.75. The first-order valence-corrected chi connectivity index (χ1v) is 8.82. The number of nitrogens with two attached hydrogens (primary N) is 1. The number of piperidine rings is 1. The molecule has 20 heavy (non-hydrogen) atoms. The summed E-state index contributed by atoms with van der Waals surface area (Å²) < 4.78 is 27.2. The Hall–Kier alpha value is -0.620. The van der Waals surface area contributed by atoms with Gasteiger partial charge in [-0.2, -0.15) is 4.31 Å². The van der Waals surface area contributed by atoms with Crippen LogP contribution in [0, 0.1) is 0 Å². The Bertz CT molecular complexity index is 575. The van der Waals surface area contributed by atoms with Crippen molar-refractivity contribution in [3.63, 3.8) is 0 Å². The van der Waals surface area contributed by atoms with E-state index in [0.717, 1.165) is 25.7 Å². The molecule has 2 rings (SSSR count). The molecule has 0 aromatic heterocycles. The van der Waals surface area contributed by atoms with Crippen LogP contribution in [0.25, 0.3) is 0 Å². The standard InChI is InChI=1S/C14H21ClN2O2S/c1-2-12-5-3-4-8-17(12)20(18,19)13-6-7-14(15)11(9-13)10-16/h6-7,9,12H,2-5,8,10,16H2,1H3. The first kappa shape index (κ1) is 15.8. The summed E-state index contributed by atoms with van der Waals surface area (Å²) in [6, 6.07) is 4.88. The lowest BCUT2D eigenvalue weighted by Crippen LogP contribution is -2.43. The Kier molecular flexibility index (Phi) is 5.07. The molecule has 1 aromatic carbocycles. The van der Waals surface area contributed by atoms with Gasteiger partial charge >= 0.3 is 0 Å². The van der Waals surface area contributed by atoms with Crippen LogP contribution in [0.2, 0.25) is 5.02 Å². The van der Waals surface area contributed by atoms with Gasteiger partial charge in [-0.1, -0.05) is 24.9 Å². The molecule has 1 aromatic rings. The van der Waals surface area contributed by atoms with Crippen LogP contribution in [0.15, 0.2) is 23.1 Å². The van der Waals surface area contributed by atoms with E-state index in [2.05, 4.69) is 0 Å². The summed E-state index contributed by atoms with van der Waals surface area (Å²) in [6.07, 6.45) is 3.80. The molecule has 0 aliphatic carbocycles. The molecule has 112 valence electrons. The second-order valence-corrected chi connectivity index (χ2v) is 7.43. The molecular weight excluding hydrogens is 296 g/mol. The molecule has 4 nitrogen and oxygen atoms in total. The summed E-state index contributed by atoms with van der Waals surface area (Å²) >= 11 is 6.00. The minimum absolute atomic E-state index is 0.103. The molecule has 0 spiro atoms. The zero-order chi connectivity index (χ0) is 14.8. The lowest BCUT2D eigenvalue weighted by Gasteiger charge is -2.34. The lowest BCUT2D eigenvalue weighted by molar-refractivity contribution is 0.246. The van der Waals surface area contributed by atoms with Crippen molar-refractivity contribution in [2.24, 2.45) is 5.73 Å². The maximum absolute atomic E-state index is 12.8. The van der Waals surface area contributed by atoms with Crippen molar-refractivity contribution in [1.29, 1.82) is 0 Å². The van der Waals surface area contributed by atoms with Crippen molar-refractivity contribution < 1.29 is 8.42 Å². The molecule has 1 aliphatic heterocycles. The number of halogens is 1. The quantitative estimate of drug-likeness (QED) is 0.929. The number of sulfonamides is 1. The molecule has 0 bridgehead atoms. The summed E-state index contributed by atoms with van der Waals surface area (Å²) in [6.45, 7) is 2.87. The molecule has 6 heteroatoms. The molecule has 1 heterocycles. The van der Waals surface area contributed by atoms with E-state index in [1.807, 2.05) is 6.92 Å². The minimum Gasteiger partial charge on any atom is -0.326 e. The van der Waals surface area contributed by atoms with Gasteiger partial charge in [0.05, 0.1) is 4.90 Å². The average molecular weight is 317 g/mol. The fraction of sp³-hybridized carbons (Fsp3) is 0.571. The molecule has 1 atom stereocenters. The van der Waals surface area contributed by atoms with Crippen LogP contribution in [-0.2, 0) is 16.6 Å². The molecule has 0 radical (unpaired) electrons. The van der Waals surface area contributed by atoms with E-state index in [1.165, 1.54) is 0 Å². The SMILES string of the molecule is CCC1CCCCN1S(=O)(=O)c1ccc(Cl)c(CN)c1. The Labute approximate surface area is 126 Å². The largest absolute Gasteiger partial charge is 0.326 e. The second kappa shape index (κ2) is 6.43. The Morgan fingerprint density at radius 3 is 2.80 bits per heavy atom. The van der Waals surface area contributed by atoms with E-state index >= 15 is 0 Å². The summed E-state index contributed by atoms with van der Waals surface area (Å²) in [5, 5.41) is 0.511. The van der Waals surface area contributed by atoms with Crippen molar-refractivity contribution in [3.05, 3.63) is 28.8 Å². The van der Waals surface area contributed by atoms with E-state index < -0.39 is 10.0 Å². The Morgan fingerprint density at radius 2 is 2.15 bits per heavy atom. The van der Waals surface area contributed by atoms with Crippen molar-refractivity contribution in [2.75, 3.05) is 6.54 Å². The topological polar surface area (TPSA) is 63.4 Å². The van der Waals surface area contributed by atoms with Gasteiger partial charge in [-0.15, -0.1) is 0 Å². The number of benzene rings is 1. The number of hydrogen-bond acceptors (Lipinski definition) is 3. The normalized spacial score (nSPS) is 21.1. The van der Waals surface area contributed by atoms with Gasteiger partial charge in [0.25, 0.3) is 0 Å². The summed E-state index contributed by atoms with van der Waals surface area (Å²) in [5.41, 5.74) is 6.27. The summed E-state index contributed by atoms with van der Waals surface area (Å²) in [5.74, 6) is 0. The summed E-state index contributed by atoms with van der Waals surface area (Å²) in [4.78, 5) is 0.294. The van der Waals surface area contributed by atoms with Crippen LogP contribution in [0.1, 0.15) is 38.2 Å². The fourth-order valence-electron chi connectivity index (χ4n) is 2.70. The van der Waals surface area contributed by atoms with E-state index in [-0.39, 0.29) is 12.6 Å². The smallest absolute Gasteiger partial charge is 0.243 e. The van der Waals surface area contributed by atoms with Crippen molar-refractivity contribution in [3.8, 4) is 0 Å². The molecule has 1 fully saturated rings. The first-order valence-electron chi connectivity index (χ1n) is 7.01. The number of hydrogen-bond donors (Lipinski definition) is 1. The highest BCUT2D eigenvalue weighted by atomic mass is 35.5. The van der Waals surface area contributed by atoms with E-state index in [0.29, 0.717) is 22.0 Å². The average Bonchev–Trinajstić information content (AvgIpc) is 2.47. The molecule has 1 aliphatic rings.